The summed E-state index contributed by atoms with van der Waals surface area (Å²) in [6, 6.07) is 22.2. The molecule has 0 saturated carbocycles. The van der Waals surface area contributed by atoms with Crippen LogP contribution in [0.25, 0.3) is 33.4 Å². The molecule has 0 aliphatic rings. The van der Waals surface area contributed by atoms with E-state index in [-0.39, 0.29) is 22.3 Å². The molecule has 2 aromatic heterocycles. The maximum absolute atomic E-state index is 11.0. The van der Waals surface area contributed by atoms with Crippen LogP contribution in [0.1, 0.15) is 59.1 Å². The minimum Gasteiger partial charge on any atom is -0.505 e. The van der Waals surface area contributed by atoms with Crippen LogP contribution in [0, 0.1) is 0 Å². The number of hydrogen-bond acceptors (Lipinski definition) is 8. The molecule has 6 aromatic rings. The molecule has 0 atom stereocenters. The zero-order valence-corrected chi connectivity index (χ0v) is 26.4. The van der Waals surface area contributed by atoms with Crippen molar-refractivity contribution in [2.24, 2.45) is 0 Å². The number of aromatic nitrogens is 6. The van der Waals surface area contributed by atoms with E-state index in [1.807, 2.05) is 60.7 Å². The molecule has 6 rings (SSSR count). The van der Waals surface area contributed by atoms with Gasteiger partial charge in [0.15, 0.2) is 0 Å². The molecular weight excluding hydrogens is 568 g/mol. The Morgan fingerprint density at radius 2 is 0.889 bits per heavy atom. The van der Waals surface area contributed by atoms with Crippen LogP contribution in [0.15, 0.2) is 72.8 Å². The summed E-state index contributed by atoms with van der Waals surface area (Å²) in [7, 11) is 0. The first-order valence-corrected chi connectivity index (χ1v) is 15.0. The summed E-state index contributed by atoms with van der Waals surface area (Å²) in [6.07, 6.45) is 0.580. The Balaban J connectivity index is 1.17. The Morgan fingerprint density at radius 1 is 0.556 bits per heavy atom. The number of phenols is 2. The number of ether oxygens (including phenoxy) is 2. The van der Waals surface area contributed by atoms with Crippen molar-refractivity contribution >= 4 is 22.1 Å². The van der Waals surface area contributed by atoms with Crippen molar-refractivity contribution in [1.29, 1.82) is 0 Å². The predicted octanol–water partition coefficient (Wildman–Crippen LogP) is 7.01. The maximum atomic E-state index is 11.0. The highest BCUT2D eigenvalue weighted by molar-refractivity contribution is 5.74. The van der Waals surface area contributed by atoms with Gasteiger partial charge in [-0.3, -0.25) is 0 Å². The quantitative estimate of drug-likeness (QED) is 0.178. The van der Waals surface area contributed by atoms with Gasteiger partial charge in [0.2, 0.25) is 0 Å². The van der Waals surface area contributed by atoms with Crippen molar-refractivity contribution in [2.75, 3.05) is 13.2 Å². The van der Waals surface area contributed by atoms with Crippen LogP contribution in [-0.2, 0) is 10.8 Å². The second-order valence-corrected chi connectivity index (χ2v) is 13.2. The molecule has 0 bridgehead atoms. The lowest BCUT2D eigenvalue weighted by molar-refractivity contribution is 0.240. The van der Waals surface area contributed by atoms with Crippen LogP contribution < -0.4 is 9.47 Å². The van der Waals surface area contributed by atoms with E-state index in [9.17, 15) is 10.2 Å². The van der Waals surface area contributed by atoms with Crippen LogP contribution >= 0.6 is 0 Å². The first kappa shape index (κ1) is 29.9. The van der Waals surface area contributed by atoms with Gasteiger partial charge in [-0.15, -0.1) is 30.0 Å². The van der Waals surface area contributed by atoms with Gasteiger partial charge in [-0.25, -0.2) is 0 Å². The average Bonchev–Trinajstić information content (AvgIpc) is 3.60. The first-order valence-electron chi connectivity index (χ1n) is 15.0. The minimum atomic E-state index is -0.267. The van der Waals surface area contributed by atoms with Gasteiger partial charge in [0.25, 0.3) is 0 Å². The lowest BCUT2D eigenvalue weighted by atomic mass is 9.86. The van der Waals surface area contributed by atoms with Crippen molar-refractivity contribution in [3.8, 4) is 34.4 Å². The first-order chi connectivity index (χ1) is 21.4. The summed E-state index contributed by atoms with van der Waals surface area (Å²) in [5.41, 5.74) is 5.29. The van der Waals surface area contributed by atoms with E-state index in [1.165, 1.54) is 9.59 Å². The summed E-state index contributed by atoms with van der Waals surface area (Å²) in [4.78, 5) is 2.93. The molecule has 0 unspecified atom stereocenters. The third-order valence-corrected chi connectivity index (χ3v) is 7.58. The zero-order valence-electron chi connectivity index (χ0n) is 26.4. The molecule has 0 spiro atoms. The summed E-state index contributed by atoms with van der Waals surface area (Å²) in [5, 5.41) is 40.0. The molecule has 2 heterocycles. The van der Waals surface area contributed by atoms with Crippen molar-refractivity contribution in [3.63, 3.8) is 0 Å². The molecule has 10 nitrogen and oxygen atoms in total. The lowest BCUT2D eigenvalue weighted by Gasteiger charge is -2.25. The van der Waals surface area contributed by atoms with Gasteiger partial charge in [-0.05, 0) is 47.2 Å². The highest BCUT2D eigenvalue weighted by Gasteiger charge is 2.25. The number of rotatable bonds is 8. The summed E-state index contributed by atoms with van der Waals surface area (Å²) < 4.78 is 12.4. The molecular formula is C35H38N6O4. The van der Waals surface area contributed by atoms with E-state index in [4.69, 9.17) is 9.47 Å². The van der Waals surface area contributed by atoms with Crippen LogP contribution in [-0.4, -0.2) is 53.4 Å². The van der Waals surface area contributed by atoms with Crippen molar-refractivity contribution in [2.45, 2.75) is 58.8 Å². The fourth-order valence-corrected chi connectivity index (χ4v) is 5.20. The lowest BCUT2D eigenvalue weighted by Crippen LogP contribution is -2.17. The second kappa shape index (κ2) is 11.4. The van der Waals surface area contributed by atoms with Crippen LogP contribution in [0.4, 0.5) is 0 Å². The fourth-order valence-electron chi connectivity index (χ4n) is 5.20. The van der Waals surface area contributed by atoms with E-state index in [0.29, 0.717) is 42.5 Å². The van der Waals surface area contributed by atoms with E-state index < -0.39 is 0 Å². The molecule has 0 aliphatic heterocycles. The summed E-state index contributed by atoms with van der Waals surface area (Å²) in [6.45, 7) is 13.3. The number of phenolic OH excluding ortho intramolecular Hbond substituents is 2. The van der Waals surface area contributed by atoms with Gasteiger partial charge in [0.05, 0.1) is 13.2 Å². The van der Waals surface area contributed by atoms with Gasteiger partial charge < -0.3 is 19.7 Å². The SMILES string of the molecule is CC(C)(C)c1cc(-n2nc3ccccc3n2)c(O)cc1OCCCOc1cc(O)c(-n2nc3ccccc3n2)cc1C(C)(C)C. The highest BCUT2D eigenvalue weighted by atomic mass is 16.5. The molecule has 0 amide bonds. The minimum absolute atomic E-state index is 0.0273. The van der Waals surface area contributed by atoms with Crippen molar-refractivity contribution in [3.05, 3.63) is 83.9 Å². The number of aromatic hydroxyl groups is 2. The van der Waals surface area contributed by atoms with Crippen molar-refractivity contribution < 1.29 is 19.7 Å². The molecule has 2 N–H and O–H groups in total. The Labute approximate surface area is 261 Å². The normalized spacial score (nSPS) is 12.2. The fraction of sp³-hybridized carbons (Fsp3) is 0.314. The van der Waals surface area contributed by atoms with Gasteiger partial charge in [-0.2, -0.15) is 0 Å². The van der Waals surface area contributed by atoms with Gasteiger partial charge in [0, 0.05) is 29.7 Å². The molecule has 0 radical (unpaired) electrons. The Bertz CT molecular complexity index is 1790. The Kier molecular flexibility index (Phi) is 7.60. The standard InChI is InChI=1S/C35H38N6O4/c1-34(2,3)22-18-28(40-36-24-12-7-8-13-25(24)37-40)30(42)20-32(22)44-16-11-17-45-33-21-31(43)29(19-23(33)35(4,5)6)41-38-26-14-9-10-15-27(26)39-41/h7-10,12-15,18-21,42-43H,11,16-17H2,1-6H3. The van der Waals surface area contributed by atoms with E-state index in [2.05, 4.69) is 61.9 Å². The van der Waals surface area contributed by atoms with E-state index in [0.717, 1.165) is 33.2 Å². The monoisotopic (exact) mass is 606 g/mol. The van der Waals surface area contributed by atoms with Crippen LogP contribution in [0.2, 0.25) is 0 Å². The predicted molar refractivity (Wildman–Crippen MR) is 174 cm³/mol. The number of hydrogen-bond donors (Lipinski definition) is 2. The number of nitrogens with zero attached hydrogens (tertiary/aromatic N) is 6. The van der Waals surface area contributed by atoms with E-state index in [1.54, 1.807) is 12.1 Å². The Hall–Kier alpha value is -5.12. The van der Waals surface area contributed by atoms with Crippen LogP contribution in [0.3, 0.4) is 0 Å². The zero-order chi connectivity index (χ0) is 31.9. The van der Waals surface area contributed by atoms with E-state index >= 15 is 0 Å². The molecule has 0 saturated heterocycles. The molecule has 4 aromatic carbocycles. The van der Waals surface area contributed by atoms with Gasteiger partial charge in [0.1, 0.15) is 56.4 Å². The second-order valence-electron chi connectivity index (χ2n) is 13.2. The average molecular weight is 607 g/mol. The highest BCUT2D eigenvalue weighted by Crippen LogP contribution is 2.39. The smallest absolute Gasteiger partial charge is 0.146 e. The van der Waals surface area contributed by atoms with Crippen molar-refractivity contribution in [1.82, 2.24) is 30.0 Å². The molecule has 45 heavy (non-hydrogen) atoms. The third kappa shape index (κ3) is 6.13. The van der Waals surface area contributed by atoms with Crippen LogP contribution in [0.5, 0.6) is 23.0 Å². The number of fused-ring (bicyclic) bond motifs is 2. The summed E-state index contributed by atoms with van der Waals surface area (Å²) in [5.74, 6) is 1.24. The third-order valence-electron chi connectivity index (χ3n) is 7.58. The summed E-state index contributed by atoms with van der Waals surface area (Å²) >= 11 is 0. The number of benzene rings is 4. The maximum Gasteiger partial charge on any atom is 0.146 e. The molecule has 10 heteroatoms. The largest absolute Gasteiger partial charge is 0.505 e. The van der Waals surface area contributed by atoms with Gasteiger partial charge in [-0.1, -0.05) is 65.8 Å². The molecule has 232 valence electrons. The topological polar surface area (TPSA) is 120 Å². The Morgan fingerprint density at radius 3 is 1.20 bits per heavy atom. The van der Waals surface area contributed by atoms with Gasteiger partial charge >= 0.3 is 0 Å². The molecule has 0 fully saturated rings. The molecule has 0 aliphatic carbocycles.